The Hall–Kier alpha value is -3.80. The molecular weight excluding hydrogens is 376 g/mol. The fourth-order valence-electron chi connectivity index (χ4n) is 3.81. The molecule has 6 heteroatoms. The van der Waals surface area contributed by atoms with Gasteiger partial charge in [-0.1, -0.05) is 36.4 Å². The number of hydrogen-bond donors (Lipinski definition) is 3. The number of aromatic nitrogens is 2. The molecule has 0 spiro atoms. The van der Waals surface area contributed by atoms with Gasteiger partial charge in [0.05, 0.1) is 5.56 Å². The van der Waals surface area contributed by atoms with Crippen LogP contribution in [0.25, 0.3) is 16.6 Å². The number of fused-ring (bicyclic) bond motifs is 1. The molecule has 6 nitrogen and oxygen atoms in total. The van der Waals surface area contributed by atoms with E-state index in [1.165, 1.54) is 0 Å². The summed E-state index contributed by atoms with van der Waals surface area (Å²) >= 11 is 0. The third-order valence-corrected chi connectivity index (χ3v) is 5.30. The van der Waals surface area contributed by atoms with Gasteiger partial charge >= 0.3 is 0 Å². The van der Waals surface area contributed by atoms with E-state index in [9.17, 15) is 9.59 Å². The first kappa shape index (κ1) is 19.5. The van der Waals surface area contributed by atoms with Crippen molar-refractivity contribution >= 4 is 22.7 Å². The highest BCUT2D eigenvalue weighted by molar-refractivity contribution is 5.97. The van der Waals surface area contributed by atoms with Gasteiger partial charge in [-0.05, 0) is 50.1 Å². The number of aromatic amines is 1. The zero-order valence-electron chi connectivity index (χ0n) is 17.0. The molecule has 2 heterocycles. The van der Waals surface area contributed by atoms with Crippen molar-refractivity contribution in [2.45, 2.75) is 26.7 Å². The summed E-state index contributed by atoms with van der Waals surface area (Å²) in [7, 11) is 0. The summed E-state index contributed by atoms with van der Waals surface area (Å²) < 4.78 is 2.02. The summed E-state index contributed by atoms with van der Waals surface area (Å²) in [6.45, 7) is 3.85. The summed E-state index contributed by atoms with van der Waals surface area (Å²) in [5.74, 6) is -0.559. The highest BCUT2D eigenvalue weighted by Gasteiger charge is 2.17. The molecule has 4 rings (SSSR count). The molecule has 30 heavy (non-hydrogen) atoms. The Labute approximate surface area is 174 Å². The number of H-pyrrole nitrogens is 1. The number of carbonyl (C=O) groups excluding carboxylic acids is 2. The molecule has 0 unspecified atom stereocenters. The number of rotatable bonds is 5. The van der Waals surface area contributed by atoms with Gasteiger partial charge in [0, 0.05) is 40.6 Å². The van der Waals surface area contributed by atoms with Crippen molar-refractivity contribution < 1.29 is 9.59 Å². The van der Waals surface area contributed by atoms with Gasteiger partial charge in [-0.25, -0.2) is 0 Å². The number of hydrazine groups is 1. The molecule has 3 N–H and O–H groups in total. The predicted octanol–water partition coefficient (Wildman–Crippen LogP) is 3.97. The van der Waals surface area contributed by atoms with Crippen LogP contribution in [0.4, 0.5) is 0 Å². The standard InChI is InChI=1S/C24H24N4O2/c1-16-14-21(17(2)28(16)19-8-4-3-5-9-19)24(30)27-26-23(29)13-12-18-15-25-22-11-7-6-10-20(18)22/h3-11,14-15,25H,12-13H2,1-2H3,(H,26,29)(H,27,30). The summed E-state index contributed by atoms with van der Waals surface area (Å²) in [5, 5.41) is 1.11. The minimum atomic E-state index is -0.328. The van der Waals surface area contributed by atoms with E-state index >= 15 is 0 Å². The van der Waals surface area contributed by atoms with Crippen LogP contribution in [0, 0.1) is 13.8 Å². The lowest BCUT2D eigenvalue weighted by Gasteiger charge is -2.10. The zero-order chi connectivity index (χ0) is 21.1. The molecule has 0 fully saturated rings. The number of carbonyl (C=O) groups is 2. The number of amides is 2. The summed E-state index contributed by atoms with van der Waals surface area (Å²) in [4.78, 5) is 28.1. The largest absolute Gasteiger partial charge is 0.361 e. The maximum absolute atomic E-state index is 12.6. The van der Waals surface area contributed by atoms with Crippen LogP contribution in [0.1, 0.15) is 33.7 Å². The molecule has 2 amide bonds. The highest BCUT2D eigenvalue weighted by atomic mass is 16.2. The van der Waals surface area contributed by atoms with Crippen LogP contribution in [0.15, 0.2) is 66.9 Å². The zero-order valence-corrected chi connectivity index (χ0v) is 17.0. The monoisotopic (exact) mass is 400 g/mol. The lowest BCUT2D eigenvalue weighted by atomic mass is 10.1. The highest BCUT2D eigenvalue weighted by Crippen LogP contribution is 2.21. The summed E-state index contributed by atoms with van der Waals surface area (Å²) in [6.07, 6.45) is 2.80. The molecular formula is C24H24N4O2. The number of benzene rings is 2. The summed E-state index contributed by atoms with van der Waals surface area (Å²) in [6, 6.07) is 19.7. The molecule has 4 aromatic rings. The first-order valence-electron chi connectivity index (χ1n) is 9.93. The van der Waals surface area contributed by atoms with Gasteiger partial charge in [0.25, 0.3) is 5.91 Å². The third-order valence-electron chi connectivity index (χ3n) is 5.30. The van der Waals surface area contributed by atoms with Crippen LogP contribution in [0.2, 0.25) is 0 Å². The Kier molecular flexibility index (Phi) is 5.39. The van der Waals surface area contributed by atoms with Crippen molar-refractivity contribution in [1.29, 1.82) is 0 Å². The van der Waals surface area contributed by atoms with E-state index in [0.717, 1.165) is 33.5 Å². The minimum absolute atomic E-state index is 0.231. The number of para-hydroxylation sites is 2. The molecule has 0 aliphatic carbocycles. The summed E-state index contributed by atoms with van der Waals surface area (Å²) in [5.41, 5.74) is 10.5. The molecule has 0 radical (unpaired) electrons. The van der Waals surface area contributed by atoms with Crippen molar-refractivity contribution in [2.75, 3.05) is 0 Å². The molecule has 0 aliphatic heterocycles. The molecule has 152 valence electrons. The average molecular weight is 400 g/mol. The number of nitrogens with one attached hydrogen (secondary N) is 3. The normalized spacial score (nSPS) is 10.9. The quantitative estimate of drug-likeness (QED) is 0.443. The van der Waals surface area contributed by atoms with Crippen LogP contribution in [-0.4, -0.2) is 21.4 Å². The molecule has 0 saturated heterocycles. The molecule has 0 bridgehead atoms. The Morgan fingerprint density at radius 3 is 2.50 bits per heavy atom. The van der Waals surface area contributed by atoms with Gasteiger partial charge in [0.1, 0.15) is 0 Å². The number of hydrogen-bond acceptors (Lipinski definition) is 2. The fraction of sp³-hybridized carbons (Fsp3) is 0.167. The van der Waals surface area contributed by atoms with Gasteiger partial charge in [-0.15, -0.1) is 0 Å². The number of aryl methyl sites for hydroxylation is 2. The van der Waals surface area contributed by atoms with E-state index in [1.54, 1.807) is 0 Å². The third kappa shape index (κ3) is 3.85. The Morgan fingerprint density at radius 1 is 0.967 bits per heavy atom. The van der Waals surface area contributed by atoms with Crippen molar-refractivity contribution in [3.8, 4) is 5.69 Å². The second-order valence-electron chi connectivity index (χ2n) is 7.32. The minimum Gasteiger partial charge on any atom is -0.361 e. The molecule has 0 saturated carbocycles. The van der Waals surface area contributed by atoms with Crippen LogP contribution in [0.5, 0.6) is 0 Å². The second kappa shape index (κ2) is 8.29. The molecule has 2 aromatic heterocycles. The van der Waals surface area contributed by atoms with Gasteiger partial charge in [0.15, 0.2) is 0 Å². The van der Waals surface area contributed by atoms with Crippen molar-refractivity contribution in [3.63, 3.8) is 0 Å². The lowest BCUT2D eigenvalue weighted by Crippen LogP contribution is -2.41. The van der Waals surface area contributed by atoms with E-state index < -0.39 is 0 Å². The smallest absolute Gasteiger partial charge is 0.271 e. The first-order chi connectivity index (χ1) is 14.5. The van der Waals surface area contributed by atoms with E-state index in [2.05, 4.69) is 15.8 Å². The van der Waals surface area contributed by atoms with Crippen molar-refractivity contribution in [1.82, 2.24) is 20.4 Å². The van der Waals surface area contributed by atoms with Gasteiger partial charge in [-0.2, -0.15) is 0 Å². The van der Waals surface area contributed by atoms with Crippen LogP contribution < -0.4 is 10.9 Å². The van der Waals surface area contributed by atoms with Gasteiger partial charge < -0.3 is 9.55 Å². The van der Waals surface area contributed by atoms with Crippen molar-refractivity contribution in [3.05, 3.63) is 89.4 Å². The van der Waals surface area contributed by atoms with E-state index in [-0.39, 0.29) is 18.2 Å². The SMILES string of the molecule is Cc1cc(C(=O)NNC(=O)CCc2c[nH]c3ccccc23)c(C)n1-c1ccccc1. The Balaban J connectivity index is 1.37. The van der Waals surface area contributed by atoms with Crippen LogP contribution >= 0.6 is 0 Å². The average Bonchev–Trinajstić information content (AvgIpc) is 3.31. The maximum Gasteiger partial charge on any atom is 0.271 e. The maximum atomic E-state index is 12.6. The van der Waals surface area contributed by atoms with E-state index in [4.69, 9.17) is 0 Å². The van der Waals surface area contributed by atoms with E-state index in [1.807, 2.05) is 85.3 Å². The molecule has 2 aromatic carbocycles. The first-order valence-corrected chi connectivity index (χ1v) is 9.93. The van der Waals surface area contributed by atoms with Gasteiger partial charge in [-0.3, -0.25) is 20.4 Å². The topological polar surface area (TPSA) is 78.9 Å². The lowest BCUT2D eigenvalue weighted by molar-refractivity contribution is -0.121. The second-order valence-corrected chi connectivity index (χ2v) is 7.32. The van der Waals surface area contributed by atoms with Crippen molar-refractivity contribution in [2.24, 2.45) is 0 Å². The molecule has 0 aliphatic rings. The predicted molar refractivity (Wildman–Crippen MR) is 117 cm³/mol. The van der Waals surface area contributed by atoms with Crippen LogP contribution in [0.3, 0.4) is 0 Å². The Morgan fingerprint density at radius 2 is 1.70 bits per heavy atom. The van der Waals surface area contributed by atoms with Crippen LogP contribution in [-0.2, 0) is 11.2 Å². The molecule has 0 atom stereocenters. The Bertz CT molecular complexity index is 1200. The van der Waals surface area contributed by atoms with Gasteiger partial charge in [0.2, 0.25) is 5.91 Å². The fourth-order valence-corrected chi connectivity index (χ4v) is 3.81. The van der Waals surface area contributed by atoms with E-state index in [0.29, 0.717) is 12.0 Å². The number of nitrogens with zero attached hydrogens (tertiary/aromatic N) is 1.